The number of anilines is 2. The number of carbonyl (C=O) groups is 3. The Morgan fingerprint density at radius 1 is 1.43 bits per heavy atom. The number of carbonyl (C=O) groups excluding carboxylic acids is 3. The molecular weight excluding hydrogens is 314 g/mol. The first-order chi connectivity index (χ1) is 9.97. The second kappa shape index (κ2) is 6.82. The van der Waals surface area contributed by atoms with Gasteiger partial charge in [0.1, 0.15) is 0 Å². The molecule has 0 saturated carbocycles. The van der Waals surface area contributed by atoms with Crippen LogP contribution in [0.15, 0.2) is 18.2 Å². The third-order valence-electron chi connectivity index (χ3n) is 2.91. The highest BCUT2D eigenvalue weighted by atomic mass is 35.5. The minimum Gasteiger partial charge on any atom is -0.397 e. The Balaban J connectivity index is 1.80. The van der Waals surface area contributed by atoms with Crippen LogP contribution in [-0.4, -0.2) is 34.3 Å². The number of nitrogen functional groups attached to an aromatic ring is 1. The van der Waals surface area contributed by atoms with Gasteiger partial charge in [-0.3, -0.25) is 19.3 Å². The molecule has 3 N–H and O–H groups in total. The average Bonchev–Trinajstić information content (AvgIpc) is 2.74. The van der Waals surface area contributed by atoms with Crippen molar-refractivity contribution in [2.24, 2.45) is 0 Å². The highest BCUT2D eigenvalue weighted by molar-refractivity contribution is 8.14. The van der Waals surface area contributed by atoms with Gasteiger partial charge in [-0.1, -0.05) is 23.4 Å². The number of benzene rings is 1. The molecule has 0 unspecified atom stereocenters. The smallest absolute Gasteiger partial charge is 0.288 e. The Labute approximate surface area is 131 Å². The van der Waals surface area contributed by atoms with Gasteiger partial charge in [0.15, 0.2) is 0 Å². The first kappa shape index (κ1) is 15.7. The number of halogens is 1. The van der Waals surface area contributed by atoms with Gasteiger partial charge in [0.25, 0.3) is 5.24 Å². The number of hydrogen-bond donors (Lipinski definition) is 2. The molecule has 1 heterocycles. The summed E-state index contributed by atoms with van der Waals surface area (Å²) in [6.07, 6.45) is 0.612. The van der Waals surface area contributed by atoms with Crippen LogP contribution in [0.1, 0.15) is 12.8 Å². The topological polar surface area (TPSA) is 92.5 Å². The Kier molecular flexibility index (Phi) is 5.08. The van der Waals surface area contributed by atoms with Gasteiger partial charge in [-0.25, -0.2) is 0 Å². The number of rotatable bonds is 5. The monoisotopic (exact) mass is 327 g/mol. The predicted octanol–water partition coefficient (Wildman–Crippen LogP) is 2.34. The molecule has 6 nitrogen and oxygen atoms in total. The van der Waals surface area contributed by atoms with Crippen molar-refractivity contribution in [3.63, 3.8) is 0 Å². The molecule has 112 valence electrons. The summed E-state index contributed by atoms with van der Waals surface area (Å²) in [7, 11) is 0. The van der Waals surface area contributed by atoms with Crippen LogP contribution < -0.4 is 11.1 Å². The Morgan fingerprint density at radius 3 is 2.81 bits per heavy atom. The van der Waals surface area contributed by atoms with Gasteiger partial charge in [-0.2, -0.15) is 0 Å². The third-order valence-corrected chi connectivity index (χ3v) is 4.01. The summed E-state index contributed by atoms with van der Waals surface area (Å²) in [6, 6.07) is 4.81. The Hall–Kier alpha value is -1.73. The predicted molar refractivity (Wildman–Crippen MR) is 83.3 cm³/mol. The van der Waals surface area contributed by atoms with Crippen molar-refractivity contribution in [2.75, 3.05) is 23.3 Å². The van der Waals surface area contributed by atoms with Gasteiger partial charge in [0.05, 0.1) is 17.1 Å². The number of thioether (sulfide) groups is 1. The molecule has 0 bridgehead atoms. The summed E-state index contributed by atoms with van der Waals surface area (Å²) >= 11 is 6.76. The molecule has 1 aliphatic heterocycles. The molecule has 0 spiro atoms. The van der Waals surface area contributed by atoms with Crippen LogP contribution in [0.5, 0.6) is 0 Å². The van der Waals surface area contributed by atoms with E-state index in [-0.39, 0.29) is 35.8 Å². The van der Waals surface area contributed by atoms with E-state index in [0.717, 1.165) is 11.8 Å². The van der Waals surface area contributed by atoms with E-state index < -0.39 is 0 Å². The van der Waals surface area contributed by atoms with E-state index in [1.807, 2.05) is 0 Å². The summed E-state index contributed by atoms with van der Waals surface area (Å²) in [6.45, 7) is 0.258. The average molecular weight is 328 g/mol. The van der Waals surface area contributed by atoms with Crippen molar-refractivity contribution in [3.05, 3.63) is 23.2 Å². The zero-order chi connectivity index (χ0) is 15.4. The first-order valence-corrected chi connectivity index (χ1v) is 7.65. The van der Waals surface area contributed by atoms with Crippen LogP contribution >= 0.6 is 23.4 Å². The molecule has 1 aliphatic rings. The molecule has 1 fully saturated rings. The van der Waals surface area contributed by atoms with Gasteiger partial charge < -0.3 is 11.1 Å². The lowest BCUT2D eigenvalue weighted by Gasteiger charge is -2.12. The van der Waals surface area contributed by atoms with Crippen molar-refractivity contribution >= 4 is 51.8 Å². The van der Waals surface area contributed by atoms with Gasteiger partial charge >= 0.3 is 0 Å². The lowest BCUT2D eigenvalue weighted by atomic mass is 10.2. The molecule has 0 aromatic heterocycles. The van der Waals surface area contributed by atoms with E-state index in [2.05, 4.69) is 5.32 Å². The molecule has 0 atom stereocenters. The van der Waals surface area contributed by atoms with Gasteiger partial charge in [0.2, 0.25) is 11.8 Å². The number of hydrogen-bond acceptors (Lipinski definition) is 5. The molecule has 3 amide bonds. The minimum absolute atomic E-state index is 0.187. The van der Waals surface area contributed by atoms with E-state index in [4.69, 9.17) is 17.3 Å². The molecule has 0 radical (unpaired) electrons. The Bertz CT molecular complexity index is 578. The summed E-state index contributed by atoms with van der Waals surface area (Å²) < 4.78 is 0. The molecule has 21 heavy (non-hydrogen) atoms. The zero-order valence-corrected chi connectivity index (χ0v) is 12.7. The Morgan fingerprint density at radius 2 is 2.19 bits per heavy atom. The minimum atomic E-state index is -0.248. The summed E-state index contributed by atoms with van der Waals surface area (Å²) in [5, 5.41) is 2.92. The molecule has 1 aromatic carbocycles. The van der Waals surface area contributed by atoms with Crippen LogP contribution in [0.25, 0.3) is 0 Å². The lowest BCUT2D eigenvalue weighted by molar-refractivity contribution is -0.125. The highest BCUT2D eigenvalue weighted by Crippen LogP contribution is 2.23. The van der Waals surface area contributed by atoms with Crippen LogP contribution in [-0.2, 0) is 9.59 Å². The third kappa shape index (κ3) is 4.12. The SMILES string of the molecule is Nc1cc(Cl)ccc1NC(=O)CCCN1C(=O)CSC1=O. The molecule has 1 aromatic rings. The summed E-state index contributed by atoms with van der Waals surface area (Å²) in [5.41, 5.74) is 6.61. The van der Waals surface area contributed by atoms with Crippen LogP contribution in [0, 0.1) is 0 Å². The summed E-state index contributed by atoms with van der Waals surface area (Å²) in [4.78, 5) is 35.7. The number of amides is 3. The van der Waals surface area contributed by atoms with Crippen molar-refractivity contribution in [1.82, 2.24) is 4.90 Å². The zero-order valence-electron chi connectivity index (χ0n) is 11.1. The van der Waals surface area contributed by atoms with Crippen molar-refractivity contribution < 1.29 is 14.4 Å². The van der Waals surface area contributed by atoms with Crippen LogP contribution in [0.4, 0.5) is 16.2 Å². The van der Waals surface area contributed by atoms with Gasteiger partial charge in [-0.15, -0.1) is 0 Å². The van der Waals surface area contributed by atoms with Crippen molar-refractivity contribution in [3.8, 4) is 0 Å². The number of nitrogens with two attached hydrogens (primary N) is 1. The van der Waals surface area contributed by atoms with Crippen molar-refractivity contribution in [1.29, 1.82) is 0 Å². The quantitative estimate of drug-likeness (QED) is 0.810. The van der Waals surface area contributed by atoms with E-state index in [1.165, 1.54) is 4.90 Å². The van der Waals surface area contributed by atoms with Crippen LogP contribution in [0.2, 0.25) is 5.02 Å². The standard InChI is InChI=1S/C13H14ClN3O3S/c14-8-3-4-10(9(15)6-8)16-11(18)2-1-5-17-12(19)7-21-13(17)20/h3-4,6H,1-2,5,7,15H2,(H,16,18). The lowest BCUT2D eigenvalue weighted by Crippen LogP contribution is -2.30. The van der Waals surface area contributed by atoms with E-state index >= 15 is 0 Å². The fourth-order valence-corrected chi connectivity index (χ4v) is 2.79. The highest BCUT2D eigenvalue weighted by Gasteiger charge is 2.29. The molecule has 8 heteroatoms. The largest absolute Gasteiger partial charge is 0.397 e. The maximum absolute atomic E-state index is 11.8. The number of nitrogens with zero attached hydrogens (tertiary/aromatic N) is 1. The maximum Gasteiger partial charge on any atom is 0.288 e. The molecular formula is C13H14ClN3O3S. The van der Waals surface area contributed by atoms with E-state index in [1.54, 1.807) is 18.2 Å². The molecule has 1 saturated heterocycles. The van der Waals surface area contributed by atoms with Gasteiger partial charge in [0, 0.05) is 18.0 Å². The van der Waals surface area contributed by atoms with Crippen molar-refractivity contribution in [2.45, 2.75) is 12.8 Å². The molecule has 2 rings (SSSR count). The van der Waals surface area contributed by atoms with Crippen LogP contribution in [0.3, 0.4) is 0 Å². The van der Waals surface area contributed by atoms with E-state index in [9.17, 15) is 14.4 Å². The fraction of sp³-hybridized carbons (Fsp3) is 0.308. The maximum atomic E-state index is 11.8. The van der Waals surface area contributed by atoms with E-state index in [0.29, 0.717) is 22.8 Å². The fourth-order valence-electron chi connectivity index (χ4n) is 1.85. The second-order valence-corrected chi connectivity index (χ2v) is 5.85. The second-order valence-electron chi connectivity index (χ2n) is 4.48. The normalized spacial score (nSPS) is 14.6. The molecule has 0 aliphatic carbocycles. The summed E-state index contributed by atoms with van der Waals surface area (Å²) in [5.74, 6) is -0.241. The first-order valence-electron chi connectivity index (χ1n) is 6.29. The number of nitrogens with one attached hydrogen (secondary N) is 1. The van der Waals surface area contributed by atoms with Gasteiger partial charge in [-0.05, 0) is 24.6 Å². The number of imide groups is 1.